The molecule has 0 spiro atoms. The molecule has 0 radical (unpaired) electrons. The van der Waals surface area contributed by atoms with E-state index in [-0.39, 0.29) is 24.5 Å². The van der Waals surface area contributed by atoms with Gasteiger partial charge in [0.25, 0.3) is 5.69 Å². The molecule has 0 amide bonds. The second-order valence-electron chi connectivity index (χ2n) is 9.13. The average molecular weight is 550 g/mol. The predicted octanol–water partition coefficient (Wildman–Crippen LogP) is 6.13. The highest BCUT2D eigenvalue weighted by atomic mass is 16.6. The summed E-state index contributed by atoms with van der Waals surface area (Å²) in [4.78, 5) is 22.8. The number of rotatable bonds is 13. The number of aryl methyl sites for hydroxylation is 3. The molecule has 0 aliphatic carbocycles. The highest BCUT2D eigenvalue weighted by molar-refractivity contribution is 5.72. The third-order valence-corrected chi connectivity index (χ3v) is 6.65. The zero-order valence-electron chi connectivity index (χ0n) is 23.7. The zero-order valence-corrected chi connectivity index (χ0v) is 23.7. The molecule has 0 aliphatic rings. The van der Waals surface area contributed by atoms with Crippen molar-refractivity contribution in [2.75, 3.05) is 35.0 Å². The van der Waals surface area contributed by atoms with Crippen LogP contribution in [-0.4, -0.2) is 45.9 Å². The van der Waals surface area contributed by atoms with Crippen LogP contribution >= 0.6 is 0 Å². The summed E-state index contributed by atoms with van der Waals surface area (Å²) in [6.45, 7) is 4.09. The van der Waals surface area contributed by atoms with E-state index in [4.69, 9.17) is 18.9 Å². The molecule has 0 saturated carbocycles. The van der Waals surface area contributed by atoms with Gasteiger partial charge in [-0.25, -0.2) is 0 Å². The third kappa shape index (κ3) is 7.53. The van der Waals surface area contributed by atoms with Gasteiger partial charge in [0.2, 0.25) is 0 Å². The minimum absolute atomic E-state index is 0.00593. The normalized spacial score (nSPS) is 10.8. The van der Waals surface area contributed by atoms with E-state index in [2.05, 4.69) is 17.7 Å². The van der Waals surface area contributed by atoms with E-state index in [0.29, 0.717) is 29.9 Å². The first-order valence-corrected chi connectivity index (χ1v) is 12.8. The summed E-state index contributed by atoms with van der Waals surface area (Å²) in [6, 6.07) is 12.9. The van der Waals surface area contributed by atoms with Crippen LogP contribution in [0, 0.1) is 24.0 Å². The Hall–Kier alpha value is -4.53. The monoisotopic (exact) mass is 549 g/mol. The van der Waals surface area contributed by atoms with Crippen LogP contribution in [0.25, 0.3) is 12.2 Å². The highest BCUT2D eigenvalue weighted by Crippen LogP contribution is 2.36. The predicted molar refractivity (Wildman–Crippen MR) is 154 cm³/mol. The second kappa shape index (κ2) is 14.0. The molecule has 0 unspecified atom stereocenters. The van der Waals surface area contributed by atoms with Gasteiger partial charge in [0.05, 0.1) is 52.5 Å². The van der Waals surface area contributed by atoms with Crippen molar-refractivity contribution in [2.24, 2.45) is 0 Å². The topological polar surface area (TPSA) is 106 Å². The fraction of sp³-hybridized carbons (Fsp3) is 0.323. The molecule has 3 rings (SSSR count). The molecule has 0 N–H and O–H groups in total. The van der Waals surface area contributed by atoms with Crippen LogP contribution in [0.2, 0.25) is 0 Å². The Labute approximate surface area is 234 Å². The number of ether oxygens (including phenoxy) is 5. The van der Waals surface area contributed by atoms with Crippen LogP contribution in [0.4, 0.5) is 5.69 Å². The van der Waals surface area contributed by atoms with Gasteiger partial charge < -0.3 is 23.7 Å². The maximum atomic E-state index is 11.9. The van der Waals surface area contributed by atoms with Crippen LogP contribution in [0.3, 0.4) is 0 Å². The maximum Gasteiger partial charge on any atom is 0.308 e. The summed E-state index contributed by atoms with van der Waals surface area (Å²) in [6.07, 6.45) is 4.91. The number of nitrogens with zero attached hydrogens (tertiary/aromatic N) is 1. The van der Waals surface area contributed by atoms with E-state index >= 15 is 0 Å². The van der Waals surface area contributed by atoms with Gasteiger partial charge in [0.1, 0.15) is 11.5 Å². The lowest BCUT2D eigenvalue weighted by Gasteiger charge is -2.14. The van der Waals surface area contributed by atoms with Gasteiger partial charge in [-0.05, 0) is 78.8 Å². The lowest BCUT2D eigenvalue weighted by molar-refractivity contribution is -0.385. The Morgan fingerprint density at radius 2 is 1.48 bits per heavy atom. The van der Waals surface area contributed by atoms with Gasteiger partial charge in [0, 0.05) is 5.56 Å². The Kier molecular flexibility index (Phi) is 10.5. The number of benzene rings is 3. The summed E-state index contributed by atoms with van der Waals surface area (Å²) in [7, 11) is 6.01. The molecular formula is C31H35NO8. The van der Waals surface area contributed by atoms with E-state index < -0.39 is 10.9 Å². The average Bonchev–Trinajstić information content (AvgIpc) is 2.96. The highest BCUT2D eigenvalue weighted by Gasteiger charge is 2.20. The minimum Gasteiger partial charge on any atom is -0.496 e. The number of carbonyl (C=O) groups excluding carboxylic acids is 1. The summed E-state index contributed by atoms with van der Waals surface area (Å²) in [5, 5.41) is 11.9. The number of esters is 1. The quantitative estimate of drug-likeness (QED) is 0.108. The third-order valence-electron chi connectivity index (χ3n) is 6.65. The van der Waals surface area contributed by atoms with E-state index in [1.807, 2.05) is 43.3 Å². The summed E-state index contributed by atoms with van der Waals surface area (Å²) >= 11 is 0. The van der Waals surface area contributed by atoms with Gasteiger partial charge >= 0.3 is 5.97 Å². The molecule has 0 aliphatic heterocycles. The Morgan fingerprint density at radius 1 is 0.800 bits per heavy atom. The van der Waals surface area contributed by atoms with Gasteiger partial charge in [-0.2, -0.15) is 0 Å². The molecule has 3 aromatic carbocycles. The van der Waals surface area contributed by atoms with E-state index in [1.54, 1.807) is 20.3 Å². The Bertz CT molecular complexity index is 1400. The van der Waals surface area contributed by atoms with Crippen molar-refractivity contribution in [3.05, 3.63) is 86.0 Å². The number of methoxy groups -OCH3 is 4. The minimum atomic E-state index is -0.448. The molecule has 9 nitrogen and oxygen atoms in total. The second-order valence-corrected chi connectivity index (χ2v) is 9.13. The standard InChI is InChI=1S/C31H35NO8/c1-20-15-23(17-28(37-4)21(20)2)8-7-22-9-12-27(36-3)25(16-22)11-10-24-18-29(38-5)30(19-26(24)32(34)35)40-14-13-31(33)39-6/h7-9,12,15-19H,10-11,13-14H2,1-6H3/b8-7-. The Balaban J connectivity index is 1.84. The lowest BCUT2D eigenvalue weighted by atomic mass is 9.99. The van der Waals surface area contributed by atoms with Crippen molar-refractivity contribution in [3.8, 4) is 23.0 Å². The van der Waals surface area contributed by atoms with Crippen molar-refractivity contribution in [2.45, 2.75) is 33.1 Å². The van der Waals surface area contributed by atoms with Crippen LogP contribution in [0.1, 0.15) is 39.8 Å². The molecule has 9 heteroatoms. The smallest absolute Gasteiger partial charge is 0.308 e. The number of nitro groups is 1. The number of hydrogen-bond donors (Lipinski definition) is 0. The molecule has 3 aromatic rings. The first kappa shape index (κ1) is 30.0. The van der Waals surface area contributed by atoms with Crippen molar-refractivity contribution < 1.29 is 33.4 Å². The largest absolute Gasteiger partial charge is 0.496 e. The maximum absolute atomic E-state index is 11.9. The van der Waals surface area contributed by atoms with Crippen molar-refractivity contribution in [1.29, 1.82) is 0 Å². The lowest BCUT2D eigenvalue weighted by Crippen LogP contribution is -2.09. The van der Waals surface area contributed by atoms with E-state index in [1.165, 1.54) is 20.3 Å². The Morgan fingerprint density at radius 3 is 2.12 bits per heavy atom. The van der Waals surface area contributed by atoms with E-state index in [0.717, 1.165) is 33.6 Å². The molecule has 0 atom stereocenters. The molecule has 0 bridgehead atoms. The first-order chi connectivity index (χ1) is 19.2. The summed E-state index contributed by atoms with van der Waals surface area (Å²) < 4.78 is 26.7. The molecule has 0 saturated heterocycles. The van der Waals surface area contributed by atoms with E-state index in [9.17, 15) is 14.9 Å². The fourth-order valence-corrected chi connectivity index (χ4v) is 4.30. The van der Waals surface area contributed by atoms with Crippen molar-refractivity contribution >= 4 is 23.8 Å². The molecule has 0 heterocycles. The summed E-state index contributed by atoms with van der Waals surface area (Å²) in [5.41, 5.74) is 5.56. The zero-order chi connectivity index (χ0) is 29.2. The SMILES string of the molecule is COC(=O)CCOc1cc([N+](=O)[O-])c(CCc2cc(/C=C\c3cc(C)c(C)c(OC)c3)ccc2OC)cc1OC. The van der Waals surface area contributed by atoms with Crippen LogP contribution in [-0.2, 0) is 22.4 Å². The molecule has 0 fully saturated rings. The number of carbonyl (C=O) groups is 1. The van der Waals surface area contributed by atoms with Crippen LogP contribution < -0.4 is 18.9 Å². The van der Waals surface area contributed by atoms with Gasteiger partial charge in [-0.1, -0.05) is 24.3 Å². The molecule has 212 valence electrons. The molecule has 0 aromatic heterocycles. The van der Waals surface area contributed by atoms with Crippen molar-refractivity contribution in [1.82, 2.24) is 0 Å². The number of nitro benzene ring substituents is 1. The van der Waals surface area contributed by atoms with Crippen LogP contribution in [0.15, 0.2) is 42.5 Å². The fourth-order valence-electron chi connectivity index (χ4n) is 4.30. The number of hydrogen-bond acceptors (Lipinski definition) is 8. The van der Waals surface area contributed by atoms with Gasteiger partial charge in [0.15, 0.2) is 11.5 Å². The van der Waals surface area contributed by atoms with Gasteiger partial charge in [-0.3, -0.25) is 14.9 Å². The van der Waals surface area contributed by atoms with Crippen LogP contribution in [0.5, 0.6) is 23.0 Å². The molecule has 40 heavy (non-hydrogen) atoms. The first-order valence-electron chi connectivity index (χ1n) is 12.8. The van der Waals surface area contributed by atoms with Gasteiger partial charge in [-0.15, -0.1) is 0 Å². The van der Waals surface area contributed by atoms with Crippen molar-refractivity contribution in [3.63, 3.8) is 0 Å². The molecular weight excluding hydrogens is 514 g/mol. The summed E-state index contributed by atoms with van der Waals surface area (Å²) in [5.74, 6) is 1.63.